The van der Waals surface area contributed by atoms with Crippen molar-refractivity contribution in [3.63, 3.8) is 0 Å². The predicted octanol–water partition coefficient (Wildman–Crippen LogP) is 11.2. The van der Waals surface area contributed by atoms with Crippen molar-refractivity contribution in [2.75, 3.05) is 19.8 Å². The van der Waals surface area contributed by atoms with E-state index in [1.165, 1.54) is 83.5 Å². The van der Waals surface area contributed by atoms with Crippen LogP contribution in [0.3, 0.4) is 0 Å². The van der Waals surface area contributed by atoms with Crippen LogP contribution in [0.25, 0.3) is 0 Å². The third-order valence-electron chi connectivity index (χ3n) is 8.76. The average molecular weight is 810 g/mol. The second-order valence-corrected chi connectivity index (χ2v) is 15.5. The number of carbonyl (C=O) groups is 3. The van der Waals surface area contributed by atoms with Crippen LogP contribution in [0.15, 0.2) is 60.8 Å². The number of allylic oxidation sites excluding steroid dienone is 10. The van der Waals surface area contributed by atoms with Gasteiger partial charge in [-0.1, -0.05) is 152 Å². The normalized spacial score (nSPS) is 14.4. The van der Waals surface area contributed by atoms with Crippen molar-refractivity contribution in [1.82, 2.24) is 0 Å². The number of phosphoric acid groups is 1. The Morgan fingerprint density at radius 1 is 0.571 bits per heavy atom. The highest BCUT2D eigenvalue weighted by molar-refractivity contribution is 7.47. The molecule has 0 aliphatic heterocycles. The third kappa shape index (κ3) is 38.1. The molecule has 3 atom stereocenters. The number of hydrogen-bond donors (Lipinski definition) is 3. The molecule has 56 heavy (non-hydrogen) atoms. The minimum atomic E-state index is -4.73. The molecular weight excluding hydrogens is 733 g/mol. The number of nitrogens with two attached hydrogens (primary N) is 1. The molecule has 0 aromatic carbocycles. The second kappa shape index (κ2) is 39.0. The van der Waals surface area contributed by atoms with Crippen LogP contribution in [0.1, 0.15) is 168 Å². The van der Waals surface area contributed by atoms with Gasteiger partial charge in [0.05, 0.1) is 13.2 Å². The summed E-state index contributed by atoms with van der Waals surface area (Å²) in [6.07, 6.45) is 44.5. The first-order valence-electron chi connectivity index (χ1n) is 21.3. The molecule has 12 heteroatoms. The van der Waals surface area contributed by atoms with Crippen molar-refractivity contribution in [3.05, 3.63) is 60.8 Å². The molecule has 0 radical (unpaired) electrons. The second-order valence-electron chi connectivity index (χ2n) is 14.1. The minimum Gasteiger partial charge on any atom is -0.480 e. The molecule has 11 nitrogen and oxygen atoms in total. The predicted molar refractivity (Wildman–Crippen MR) is 226 cm³/mol. The fourth-order valence-corrected chi connectivity index (χ4v) is 6.20. The lowest BCUT2D eigenvalue weighted by atomic mass is 10.1. The minimum absolute atomic E-state index is 0.0378. The lowest BCUT2D eigenvalue weighted by Crippen LogP contribution is -2.34. The fraction of sp³-hybridized carbons (Fsp3) is 0.705. The maximum absolute atomic E-state index is 12.5. The van der Waals surface area contributed by atoms with E-state index in [9.17, 15) is 23.8 Å². The lowest BCUT2D eigenvalue weighted by molar-refractivity contribution is -0.161. The number of rotatable bonds is 39. The van der Waals surface area contributed by atoms with Crippen LogP contribution >= 0.6 is 7.82 Å². The van der Waals surface area contributed by atoms with E-state index in [0.717, 1.165) is 44.9 Å². The maximum Gasteiger partial charge on any atom is 0.472 e. The number of unbranched alkanes of at least 4 members (excludes halogenated alkanes) is 15. The fourth-order valence-electron chi connectivity index (χ4n) is 5.43. The van der Waals surface area contributed by atoms with Crippen molar-refractivity contribution in [3.8, 4) is 0 Å². The van der Waals surface area contributed by atoms with Crippen LogP contribution in [0.2, 0.25) is 0 Å². The van der Waals surface area contributed by atoms with Crippen molar-refractivity contribution in [2.24, 2.45) is 5.73 Å². The number of carboxylic acids is 1. The molecule has 4 N–H and O–H groups in total. The summed E-state index contributed by atoms with van der Waals surface area (Å²) < 4.78 is 32.6. The quantitative estimate of drug-likeness (QED) is 0.0233. The van der Waals surface area contributed by atoms with Crippen molar-refractivity contribution < 1.29 is 47.5 Å². The van der Waals surface area contributed by atoms with Gasteiger partial charge >= 0.3 is 25.7 Å². The first-order valence-corrected chi connectivity index (χ1v) is 22.8. The standard InChI is InChI=1S/C44H76NO10P/c1-3-5-7-9-11-13-15-17-18-19-20-21-22-24-25-27-29-31-33-35-42(46)52-37-40(38-53-56(50,51)54-39-41(45)44(48)49)55-43(47)36-34-32-30-28-26-23-16-14-12-10-8-6-4-2/h6,8,12,14,17-18,23,26,30,32,40-41H,3-5,7,9-11,13,15-16,19-22,24-25,27-29,31,33-39,45H2,1-2H3,(H,48,49)(H,50,51)/b8-6-,14-12-,18-17-,26-23-,32-30-. The third-order valence-corrected chi connectivity index (χ3v) is 9.71. The van der Waals surface area contributed by atoms with E-state index in [2.05, 4.69) is 60.9 Å². The summed E-state index contributed by atoms with van der Waals surface area (Å²) in [5.74, 6) is -2.49. The number of hydrogen-bond acceptors (Lipinski definition) is 9. The molecule has 0 aromatic rings. The highest BCUT2D eigenvalue weighted by atomic mass is 31.2. The van der Waals surface area contributed by atoms with E-state index in [1.54, 1.807) is 0 Å². The first-order chi connectivity index (χ1) is 27.1. The lowest BCUT2D eigenvalue weighted by Gasteiger charge is -2.20. The Balaban J connectivity index is 4.41. The zero-order valence-electron chi connectivity index (χ0n) is 34.7. The molecule has 0 rings (SSSR count). The van der Waals surface area contributed by atoms with Gasteiger partial charge < -0.3 is 25.2 Å². The number of carbonyl (C=O) groups excluding carboxylic acids is 2. The average Bonchev–Trinajstić information content (AvgIpc) is 3.17. The van der Waals surface area contributed by atoms with Crippen LogP contribution in [-0.2, 0) is 37.5 Å². The van der Waals surface area contributed by atoms with E-state index in [0.29, 0.717) is 12.8 Å². The van der Waals surface area contributed by atoms with Gasteiger partial charge in [0.2, 0.25) is 0 Å². The molecule has 0 heterocycles. The van der Waals surface area contributed by atoms with Gasteiger partial charge in [-0.2, -0.15) is 0 Å². The maximum atomic E-state index is 12.5. The highest BCUT2D eigenvalue weighted by Crippen LogP contribution is 2.43. The summed E-state index contributed by atoms with van der Waals surface area (Å²) in [7, 11) is -4.73. The monoisotopic (exact) mass is 810 g/mol. The molecule has 0 bridgehead atoms. The zero-order chi connectivity index (χ0) is 41.4. The Labute approximate surface area is 338 Å². The zero-order valence-corrected chi connectivity index (χ0v) is 35.6. The van der Waals surface area contributed by atoms with Gasteiger partial charge in [0.15, 0.2) is 6.10 Å². The number of aliphatic carboxylic acids is 1. The van der Waals surface area contributed by atoms with Crippen molar-refractivity contribution in [2.45, 2.75) is 180 Å². The largest absolute Gasteiger partial charge is 0.480 e. The van der Waals surface area contributed by atoms with Gasteiger partial charge in [-0.3, -0.25) is 23.4 Å². The van der Waals surface area contributed by atoms with E-state index in [4.69, 9.17) is 24.8 Å². The smallest absolute Gasteiger partial charge is 0.472 e. The highest BCUT2D eigenvalue weighted by Gasteiger charge is 2.28. The van der Waals surface area contributed by atoms with Crippen LogP contribution in [0, 0.1) is 0 Å². The number of phosphoric ester groups is 1. The SMILES string of the molecule is CC/C=C\C/C=C\C/C=C\C/C=C\CCC(=O)OC(COC(=O)CCCCCCCCCCC/C=C\CCCCCCCC)COP(=O)(O)OCC(N)C(=O)O. The Morgan fingerprint density at radius 2 is 1.04 bits per heavy atom. The van der Waals surface area contributed by atoms with Gasteiger partial charge in [0, 0.05) is 12.8 Å². The topological polar surface area (TPSA) is 172 Å². The molecular formula is C44H76NO10P. The molecule has 0 aliphatic rings. The summed E-state index contributed by atoms with van der Waals surface area (Å²) in [6.45, 7) is 2.60. The Kier molecular flexibility index (Phi) is 37.1. The summed E-state index contributed by atoms with van der Waals surface area (Å²) in [5.41, 5.74) is 5.32. The number of carboxylic acid groups (broad SMARTS) is 1. The summed E-state index contributed by atoms with van der Waals surface area (Å²) >= 11 is 0. The summed E-state index contributed by atoms with van der Waals surface area (Å²) in [6, 6.07) is -1.53. The molecule has 0 amide bonds. The van der Waals surface area contributed by atoms with E-state index < -0.39 is 51.1 Å². The number of ether oxygens (including phenoxy) is 2. The molecule has 0 spiro atoms. The molecule has 3 unspecified atom stereocenters. The van der Waals surface area contributed by atoms with Crippen molar-refractivity contribution in [1.29, 1.82) is 0 Å². The van der Waals surface area contributed by atoms with Crippen molar-refractivity contribution >= 4 is 25.7 Å². The molecule has 0 fully saturated rings. The Bertz CT molecular complexity index is 1180. The molecule has 0 saturated heterocycles. The van der Waals surface area contributed by atoms with Crippen LogP contribution in [-0.4, -0.2) is 59.9 Å². The van der Waals surface area contributed by atoms with Gasteiger partial charge in [-0.05, 0) is 64.2 Å². The van der Waals surface area contributed by atoms with Gasteiger partial charge in [0.1, 0.15) is 12.6 Å². The molecule has 0 aliphatic carbocycles. The van der Waals surface area contributed by atoms with Gasteiger partial charge in [-0.25, -0.2) is 4.57 Å². The molecule has 0 aromatic heterocycles. The Morgan fingerprint density at radius 3 is 1.57 bits per heavy atom. The molecule has 322 valence electrons. The Hall–Kier alpha value is -2.82. The van der Waals surface area contributed by atoms with E-state index >= 15 is 0 Å². The van der Waals surface area contributed by atoms with Gasteiger partial charge in [-0.15, -0.1) is 0 Å². The van der Waals surface area contributed by atoms with Crippen LogP contribution in [0.5, 0.6) is 0 Å². The molecule has 0 saturated carbocycles. The van der Waals surface area contributed by atoms with Crippen LogP contribution < -0.4 is 5.73 Å². The van der Waals surface area contributed by atoms with Crippen LogP contribution in [0.4, 0.5) is 0 Å². The van der Waals surface area contributed by atoms with E-state index in [1.807, 2.05) is 18.2 Å². The first kappa shape index (κ1) is 53.2. The number of esters is 2. The summed E-state index contributed by atoms with van der Waals surface area (Å²) in [4.78, 5) is 45.8. The summed E-state index contributed by atoms with van der Waals surface area (Å²) in [5, 5.41) is 8.88. The van der Waals surface area contributed by atoms with Gasteiger partial charge in [0.25, 0.3) is 0 Å². The van der Waals surface area contributed by atoms with E-state index in [-0.39, 0.29) is 19.4 Å².